The molecule has 0 bridgehead atoms. The molecule has 1 aliphatic heterocycles. The lowest BCUT2D eigenvalue weighted by molar-refractivity contribution is -0.141. The van der Waals surface area contributed by atoms with Crippen molar-refractivity contribution in [3.05, 3.63) is 125 Å². The van der Waals surface area contributed by atoms with Crippen molar-refractivity contribution in [1.29, 1.82) is 0 Å². The third-order valence-electron chi connectivity index (χ3n) is 15.3. The lowest BCUT2D eigenvalue weighted by Crippen LogP contribution is -2.61. The van der Waals surface area contributed by atoms with Crippen LogP contribution >= 0.6 is 0 Å². The minimum absolute atomic E-state index is 0.0355. The van der Waals surface area contributed by atoms with E-state index in [-0.39, 0.29) is 74.0 Å². The van der Waals surface area contributed by atoms with Gasteiger partial charge in [0.1, 0.15) is 24.7 Å². The van der Waals surface area contributed by atoms with Crippen LogP contribution in [0.2, 0.25) is 0 Å². The van der Waals surface area contributed by atoms with Crippen molar-refractivity contribution in [2.75, 3.05) is 42.7 Å². The number of fused-ring (bicyclic) bond motifs is 2. The molecular formula is C65H86N10O11. The van der Waals surface area contributed by atoms with E-state index in [2.05, 4.69) is 49.1 Å². The molecule has 1 aliphatic carbocycles. The molecule has 462 valence electrons. The molecule has 0 fully saturated rings. The minimum Gasteiger partial charge on any atom is -0.478 e. The number of allylic oxidation sites excluding steroid dienone is 3. The van der Waals surface area contributed by atoms with Crippen LogP contribution in [0.25, 0.3) is 0 Å². The van der Waals surface area contributed by atoms with Gasteiger partial charge in [-0.1, -0.05) is 141 Å². The first-order chi connectivity index (χ1) is 40.5. The fraction of sp³-hybridized carbons (Fsp3) is 0.462. The number of carboxylic acid groups (broad SMARTS) is 1. The summed E-state index contributed by atoms with van der Waals surface area (Å²) in [4.78, 5) is 123. The monoisotopic (exact) mass is 1180 g/mol. The molecule has 9 amide bonds. The van der Waals surface area contributed by atoms with Crippen molar-refractivity contribution >= 4 is 70.6 Å². The Labute approximate surface area is 505 Å². The van der Waals surface area contributed by atoms with Crippen LogP contribution in [-0.2, 0) is 50.3 Å². The van der Waals surface area contributed by atoms with E-state index in [1.807, 2.05) is 97.0 Å². The van der Waals surface area contributed by atoms with Crippen LogP contribution in [0.1, 0.15) is 112 Å². The van der Waals surface area contributed by atoms with Gasteiger partial charge < -0.3 is 57.3 Å². The molecule has 86 heavy (non-hydrogen) atoms. The minimum atomic E-state index is -1.11. The summed E-state index contributed by atoms with van der Waals surface area (Å²) in [6.07, 6.45) is 8.75. The van der Waals surface area contributed by atoms with Crippen LogP contribution in [0.3, 0.4) is 0 Å². The van der Waals surface area contributed by atoms with Crippen LogP contribution in [0.4, 0.5) is 26.7 Å². The second-order valence-electron chi connectivity index (χ2n) is 24.1. The van der Waals surface area contributed by atoms with Crippen LogP contribution in [-0.4, -0.2) is 121 Å². The summed E-state index contributed by atoms with van der Waals surface area (Å²) < 4.78 is 5.51. The highest BCUT2D eigenvalue weighted by molar-refractivity contribution is 6.00. The van der Waals surface area contributed by atoms with E-state index < -0.39 is 88.7 Å². The molecule has 0 saturated carbocycles. The lowest BCUT2D eigenvalue weighted by Gasteiger charge is -2.40. The quantitative estimate of drug-likeness (QED) is 0.0225. The molecule has 1 heterocycles. The number of carboxylic acids is 1. The van der Waals surface area contributed by atoms with Crippen molar-refractivity contribution < 1.29 is 53.0 Å². The number of ether oxygens (including phenoxy) is 1. The number of carbonyl (C=O) groups is 9. The predicted octanol–water partition coefficient (Wildman–Crippen LogP) is 6.90. The summed E-state index contributed by atoms with van der Waals surface area (Å²) in [7, 11) is 3.26. The van der Waals surface area contributed by atoms with Gasteiger partial charge in [0.25, 0.3) is 0 Å². The lowest BCUT2D eigenvalue weighted by atomic mass is 9.76. The van der Waals surface area contributed by atoms with Crippen LogP contribution < -0.4 is 47.9 Å². The molecule has 7 atom stereocenters. The number of nitrogens with one attached hydrogen (secondary N) is 7. The van der Waals surface area contributed by atoms with E-state index >= 15 is 0 Å². The van der Waals surface area contributed by atoms with Gasteiger partial charge in [-0.05, 0) is 91.6 Å². The maximum atomic E-state index is 14.1. The van der Waals surface area contributed by atoms with Gasteiger partial charge in [-0.15, -0.1) is 0 Å². The Balaban J connectivity index is 1.15. The Hall–Kier alpha value is -8.77. The summed E-state index contributed by atoms with van der Waals surface area (Å²) in [5.41, 5.74) is 7.31. The van der Waals surface area contributed by atoms with Gasteiger partial charge in [-0.25, -0.2) is 14.4 Å². The number of nitrogens with zero attached hydrogens (tertiary/aromatic N) is 2. The SMILES string of the molecule is CNC(C(=O)N[C@H](C(=O)N(C)[C@H](/C=C(\C)C(=O)O)C(C)C)C(C)(C)C)C(C)(C)c1ccc(NC(=O)OCc2ccc(NC(=O)[C@H](CCCNC(N)=O)NC(=O)[C@@H](NC(=O)CCC(=O)N3CC4C=CC=CC4C#Cc4ccccc43)C(C)C)cc2)cc1. The predicted molar refractivity (Wildman–Crippen MR) is 331 cm³/mol. The fourth-order valence-corrected chi connectivity index (χ4v) is 10.2. The number of para-hydroxylation sites is 1. The van der Waals surface area contributed by atoms with Crippen molar-refractivity contribution in [2.45, 2.75) is 137 Å². The Morgan fingerprint density at radius 2 is 1.43 bits per heavy atom. The highest BCUT2D eigenvalue weighted by atomic mass is 16.5. The van der Waals surface area contributed by atoms with E-state index in [0.717, 1.165) is 5.56 Å². The summed E-state index contributed by atoms with van der Waals surface area (Å²) in [6.45, 7) is 18.4. The zero-order chi connectivity index (χ0) is 63.6. The second-order valence-corrected chi connectivity index (χ2v) is 24.1. The largest absolute Gasteiger partial charge is 0.478 e. The number of likely N-dealkylation sites (N-methyl/N-ethyl adjacent to an activating group) is 2. The van der Waals surface area contributed by atoms with E-state index in [1.165, 1.54) is 11.8 Å². The number of aliphatic carboxylic acids is 1. The third kappa shape index (κ3) is 19.1. The number of amides is 9. The normalized spacial score (nSPS) is 16.4. The summed E-state index contributed by atoms with van der Waals surface area (Å²) in [5, 5.41) is 29.2. The molecular weight excluding hydrogens is 1100 g/mol. The number of urea groups is 1. The summed E-state index contributed by atoms with van der Waals surface area (Å²) in [6, 6.07) is 15.6. The van der Waals surface area contributed by atoms with Gasteiger partial charge >= 0.3 is 18.1 Å². The highest BCUT2D eigenvalue weighted by Crippen LogP contribution is 2.32. The molecule has 21 nitrogen and oxygen atoms in total. The molecule has 21 heteroatoms. The molecule has 0 spiro atoms. The average Bonchev–Trinajstić information content (AvgIpc) is 1.31. The topological polar surface area (TPSA) is 300 Å². The van der Waals surface area contributed by atoms with Crippen LogP contribution in [0.15, 0.2) is 109 Å². The zero-order valence-electron chi connectivity index (χ0n) is 51.5. The molecule has 5 rings (SSSR count). The van der Waals surface area contributed by atoms with E-state index in [9.17, 15) is 48.3 Å². The first-order valence-electron chi connectivity index (χ1n) is 29.0. The number of nitrogens with two attached hydrogens (primary N) is 1. The maximum Gasteiger partial charge on any atom is 0.411 e. The molecule has 3 unspecified atom stereocenters. The molecule has 0 saturated heterocycles. The number of hydrogen-bond acceptors (Lipinski definition) is 11. The molecule has 2 aliphatic rings. The Morgan fingerprint density at radius 1 is 0.791 bits per heavy atom. The Morgan fingerprint density at radius 3 is 2.05 bits per heavy atom. The van der Waals surface area contributed by atoms with Gasteiger partial charge in [0.05, 0.1) is 17.8 Å². The van der Waals surface area contributed by atoms with E-state index in [1.54, 1.807) is 87.4 Å². The number of hydrogen-bond donors (Lipinski definition) is 9. The van der Waals surface area contributed by atoms with Gasteiger partial charge in [0, 0.05) is 72.7 Å². The van der Waals surface area contributed by atoms with Gasteiger partial charge in [0.15, 0.2) is 0 Å². The van der Waals surface area contributed by atoms with Crippen molar-refractivity contribution in [2.24, 2.45) is 34.8 Å². The summed E-state index contributed by atoms with van der Waals surface area (Å²) in [5.74, 6) is 2.04. The van der Waals surface area contributed by atoms with Gasteiger partial charge in [-0.3, -0.25) is 34.1 Å². The van der Waals surface area contributed by atoms with E-state index in [4.69, 9.17) is 10.5 Å². The number of carbonyl (C=O) groups excluding carboxylic acids is 8. The van der Waals surface area contributed by atoms with Crippen molar-refractivity contribution in [1.82, 2.24) is 31.5 Å². The van der Waals surface area contributed by atoms with Crippen LogP contribution in [0.5, 0.6) is 0 Å². The summed E-state index contributed by atoms with van der Waals surface area (Å²) >= 11 is 0. The number of rotatable bonds is 26. The number of benzene rings is 3. The maximum absolute atomic E-state index is 14.1. The first kappa shape index (κ1) is 68.0. The van der Waals surface area contributed by atoms with Gasteiger partial charge in [0.2, 0.25) is 35.4 Å². The molecule has 0 radical (unpaired) electrons. The zero-order valence-corrected chi connectivity index (χ0v) is 51.5. The molecule has 3 aromatic rings. The van der Waals surface area contributed by atoms with Crippen molar-refractivity contribution in [3.8, 4) is 11.8 Å². The first-order valence-corrected chi connectivity index (χ1v) is 29.0. The highest BCUT2D eigenvalue weighted by Gasteiger charge is 2.42. The van der Waals surface area contributed by atoms with E-state index in [0.29, 0.717) is 34.7 Å². The molecule has 3 aromatic carbocycles. The third-order valence-corrected chi connectivity index (χ3v) is 15.3. The average molecular weight is 1180 g/mol. The molecule has 0 aromatic heterocycles. The number of primary amides is 1. The second kappa shape index (κ2) is 30.9. The smallest absolute Gasteiger partial charge is 0.411 e. The van der Waals surface area contributed by atoms with Crippen molar-refractivity contribution in [3.63, 3.8) is 0 Å². The molecule has 10 N–H and O–H groups in total. The van der Waals surface area contributed by atoms with Gasteiger partial charge in [-0.2, -0.15) is 0 Å². The standard InChI is InChI=1S/C65H86N10O11/c1-39(2)51(36-41(5)61(82)83)74(12)60(81)56(64(6,7)8)73-59(80)55(67-11)65(9,10)46-27-31-48(32-28-46)70-63(85)86-38-42-23-29-47(30-24-42)69-57(78)49(21-17-35-68-62(66)84)71-58(79)54(40(3)4)72-52(76)33-34-53(77)75-37-45-20-14-13-18-43(45)25-26-44-19-15-16-22-50(44)75/h13-16,18-20,22-24,27-32,36,39-40,43,45,49,51,54-56,67H,17,21,33-35,37-38H2,1-12H3,(H,69,78)(H,70,85)(H,71,79)(H,72,76)(H,73,80)(H,82,83)(H3,66,68,84)/b41-36+/t43?,45?,49-,51+,54-,55?,56+/m0/s1. The fourth-order valence-electron chi connectivity index (χ4n) is 10.2. The van der Waals surface area contributed by atoms with Crippen LogP contribution in [0, 0.1) is 40.9 Å². The number of anilines is 3. The Kier molecular flexibility index (Phi) is 24.4. The Bertz CT molecular complexity index is 3100.